The van der Waals surface area contributed by atoms with Crippen molar-refractivity contribution >= 4 is 17.9 Å². The van der Waals surface area contributed by atoms with Crippen LogP contribution in [0.25, 0.3) is 0 Å². The molecule has 0 bridgehead atoms. The summed E-state index contributed by atoms with van der Waals surface area (Å²) in [6.07, 6.45) is -1.43. The first kappa shape index (κ1) is 19.0. The molecule has 9 nitrogen and oxygen atoms in total. The number of carbonyl (C=O) groups is 3. The maximum Gasteiger partial charge on any atom is 0.413 e. The Kier molecular flexibility index (Phi) is 5.80. The molecule has 1 fully saturated rings. The SMILES string of the molecule is COC(=O)NC(=O)[C@@H](C)[NH+]1CCN(C(=O)[C@H]2COc3ccccc3O2)CC1. The maximum atomic E-state index is 12.7. The van der Waals surface area contributed by atoms with Crippen molar-refractivity contribution in [1.82, 2.24) is 10.2 Å². The standard InChI is InChI=1S/C18H23N3O6/c1-12(16(22)19-18(24)25-2)20-7-9-21(10-8-20)17(23)15-11-26-13-5-3-4-6-14(13)27-15/h3-6,12,15H,7-11H2,1-2H3,(H,19,22,24)/p+1/t12-,15-/m1/s1. The molecule has 2 atom stereocenters. The number of rotatable bonds is 3. The minimum absolute atomic E-state index is 0.116. The van der Waals surface area contributed by atoms with Crippen LogP contribution in [0.2, 0.25) is 0 Å². The largest absolute Gasteiger partial charge is 0.485 e. The topological polar surface area (TPSA) is 98.6 Å². The van der Waals surface area contributed by atoms with Gasteiger partial charge in [0.25, 0.3) is 11.8 Å². The van der Waals surface area contributed by atoms with Gasteiger partial charge in [-0.2, -0.15) is 0 Å². The van der Waals surface area contributed by atoms with Gasteiger partial charge < -0.3 is 24.0 Å². The molecule has 0 saturated carbocycles. The van der Waals surface area contributed by atoms with Gasteiger partial charge in [-0.1, -0.05) is 12.1 Å². The summed E-state index contributed by atoms with van der Waals surface area (Å²) in [6.45, 7) is 4.15. The first-order valence-corrected chi connectivity index (χ1v) is 8.90. The van der Waals surface area contributed by atoms with Crippen LogP contribution in [0.1, 0.15) is 6.92 Å². The second-order valence-electron chi connectivity index (χ2n) is 6.55. The van der Waals surface area contributed by atoms with Gasteiger partial charge in [0, 0.05) is 0 Å². The molecule has 2 aliphatic rings. The van der Waals surface area contributed by atoms with Gasteiger partial charge >= 0.3 is 6.09 Å². The lowest BCUT2D eigenvalue weighted by Crippen LogP contribution is -3.19. The molecule has 2 N–H and O–H groups in total. The first-order chi connectivity index (χ1) is 13.0. The van der Waals surface area contributed by atoms with Crippen LogP contribution in [0.5, 0.6) is 11.5 Å². The van der Waals surface area contributed by atoms with Crippen molar-refractivity contribution in [2.75, 3.05) is 39.9 Å². The van der Waals surface area contributed by atoms with Crippen LogP contribution in [0, 0.1) is 0 Å². The van der Waals surface area contributed by atoms with Crippen LogP contribution >= 0.6 is 0 Å². The minimum atomic E-state index is -0.769. The fourth-order valence-electron chi connectivity index (χ4n) is 3.24. The molecule has 0 aromatic heterocycles. The molecular formula is C18H24N3O6+. The highest BCUT2D eigenvalue weighted by Crippen LogP contribution is 2.31. The van der Waals surface area contributed by atoms with Crippen molar-refractivity contribution in [2.45, 2.75) is 19.1 Å². The Hall–Kier alpha value is -2.81. The summed E-state index contributed by atoms with van der Waals surface area (Å²) < 4.78 is 15.8. The van der Waals surface area contributed by atoms with Crippen molar-refractivity contribution in [3.8, 4) is 11.5 Å². The van der Waals surface area contributed by atoms with Gasteiger partial charge in [0.2, 0.25) is 6.10 Å². The number of hydrogen-bond donors (Lipinski definition) is 2. The number of imide groups is 1. The molecule has 0 aliphatic carbocycles. The number of benzene rings is 1. The summed E-state index contributed by atoms with van der Waals surface area (Å²) in [5.41, 5.74) is 0. The number of fused-ring (bicyclic) bond motifs is 1. The molecule has 9 heteroatoms. The molecule has 2 aliphatic heterocycles. The quantitative estimate of drug-likeness (QED) is 0.688. The average molecular weight is 378 g/mol. The summed E-state index contributed by atoms with van der Waals surface area (Å²) in [6, 6.07) is 6.85. The van der Waals surface area contributed by atoms with Gasteiger partial charge in [0.15, 0.2) is 17.5 Å². The molecule has 1 aromatic rings. The Morgan fingerprint density at radius 2 is 1.89 bits per heavy atom. The lowest BCUT2D eigenvalue weighted by Gasteiger charge is -2.36. The second kappa shape index (κ2) is 8.26. The van der Waals surface area contributed by atoms with Crippen LogP contribution < -0.4 is 19.7 Å². The van der Waals surface area contributed by atoms with E-state index in [-0.39, 0.29) is 12.5 Å². The predicted octanol–water partition coefficient (Wildman–Crippen LogP) is -1.18. The van der Waals surface area contributed by atoms with Crippen LogP contribution in [-0.2, 0) is 14.3 Å². The molecule has 146 valence electrons. The van der Waals surface area contributed by atoms with E-state index in [2.05, 4.69) is 10.1 Å². The summed E-state index contributed by atoms with van der Waals surface area (Å²) in [5, 5.41) is 2.18. The summed E-state index contributed by atoms with van der Waals surface area (Å²) in [4.78, 5) is 38.7. The number of ether oxygens (including phenoxy) is 3. The summed E-state index contributed by atoms with van der Waals surface area (Å²) >= 11 is 0. The number of hydrogen-bond acceptors (Lipinski definition) is 6. The first-order valence-electron chi connectivity index (χ1n) is 8.90. The average Bonchev–Trinajstić information content (AvgIpc) is 2.72. The van der Waals surface area contributed by atoms with E-state index in [1.54, 1.807) is 24.0 Å². The number of quaternary nitrogens is 1. The monoisotopic (exact) mass is 378 g/mol. The number of carbonyl (C=O) groups excluding carboxylic acids is 3. The van der Waals surface area contributed by atoms with Crippen molar-refractivity contribution in [1.29, 1.82) is 0 Å². The zero-order valence-corrected chi connectivity index (χ0v) is 15.4. The highest BCUT2D eigenvalue weighted by molar-refractivity contribution is 5.93. The lowest BCUT2D eigenvalue weighted by atomic mass is 10.2. The zero-order chi connectivity index (χ0) is 19.4. The van der Waals surface area contributed by atoms with E-state index in [0.717, 1.165) is 4.90 Å². The van der Waals surface area contributed by atoms with Gasteiger partial charge in [0.1, 0.15) is 6.61 Å². The minimum Gasteiger partial charge on any atom is -0.485 e. The van der Waals surface area contributed by atoms with Crippen LogP contribution in [0.3, 0.4) is 0 Å². The summed E-state index contributed by atoms with van der Waals surface area (Å²) in [5.74, 6) is 0.702. The number of alkyl carbamates (subject to hydrolysis) is 1. The normalized spacial score (nSPS) is 20.5. The smallest absolute Gasteiger partial charge is 0.413 e. The Bertz CT molecular complexity index is 717. The van der Waals surface area contributed by atoms with Crippen LogP contribution in [0.4, 0.5) is 4.79 Å². The number of para-hydroxylation sites is 2. The number of piperazine rings is 1. The van der Waals surface area contributed by atoms with E-state index >= 15 is 0 Å². The number of amides is 3. The van der Waals surface area contributed by atoms with E-state index < -0.39 is 24.1 Å². The molecule has 27 heavy (non-hydrogen) atoms. The molecule has 1 saturated heterocycles. The number of methoxy groups -OCH3 is 1. The summed E-state index contributed by atoms with van der Waals surface area (Å²) in [7, 11) is 1.21. The Morgan fingerprint density at radius 3 is 2.56 bits per heavy atom. The van der Waals surface area contributed by atoms with Crippen molar-refractivity contribution in [2.24, 2.45) is 0 Å². The molecule has 3 amide bonds. The molecule has 0 spiro atoms. The Balaban J connectivity index is 1.51. The van der Waals surface area contributed by atoms with E-state index in [9.17, 15) is 14.4 Å². The Labute approximate surface area is 157 Å². The molecule has 1 aromatic carbocycles. The predicted molar refractivity (Wildman–Crippen MR) is 93.6 cm³/mol. The number of nitrogens with one attached hydrogen (secondary N) is 2. The van der Waals surface area contributed by atoms with E-state index in [4.69, 9.17) is 9.47 Å². The van der Waals surface area contributed by atoms with Gasteiger partial charge in [-0.25, -0.2) is 4.79 Å². The fraction of sp³-hybridized carbons (Fsp3) is 0.500. The van der Waals surface area contributed by atoms with Crippen molar-refractivity contribution in [3.63, 3.8) is 0 Å². The van der Waals surface area contributed by atoms with Gasteiger partial charge in [-0.3, -0.25) is 14.9 Å². The molecule has 2 heterocycles. The molecule has 0 radical (unpaired) electrons. The van der Waals surface area contributed by atoms with Gasteiger partial charge in [0.05, 0.1) is 33.3 Å². The lowest BCUT2D eigenvalue weighted by molar-refractivity contribution is -0.917. The van der Waals surface area contributed by atoms with Gasteiger partial charge in [-0.15, -0.1) is 0 Å². The third kappa shape index (κ3) is 4.30. The van der Waals surface area contributed by atoms with Crippen LogP contribution in [0.15, 0.2) is 24.3 Å². The van der Waals surface area contributed by atoms with Gasteiger partial charge in [-0.05, 0) is 19.1 Å². The maximum absolute atomic E-state index is 12.7. The van der Waals surface area contributed by atoms with E-state index in [1.165, 1.54) is 7.11 Å². The molecule has 3 rings (SSSR count). The third-order valence-corrected chi connectivity index (χ3v) is 4.92. The van der Waals surface area contributed by atoms with Crippen molar-refractivity contribution < 1.29 is 33.5 Å². The third-order valence-electron chi connectivity index (χ3n) is 4.92. The van der Waals surface area contributed by atoms with Crippen molar-refractivity contribution in [3.05, 3.63) is 24.3 Å². The zero-order valence-electron chi connectivity index (χ0n) is 15.4. The van der Waals surface area contributed by atoms with E-state index in [1.807, 2.05) is 12.1 Å². The second-order valence-corrected chi connectivity index (χ2v) is 6.55. The van der Waals surface area contributed by atoms with E-state index in [0.29, 0.717) is 37.7 Å². The molecular weight excluding hydrogens is 354 g/mol. The fourth-order valence-corrected chi connectivity index (χ4v) is 3.24. The highest BCUT2D eigenvalue weighted by atomic mass is 16.6. The Morgan fingerprint density at radius 1 is 1.22 bits per heavy atom. The molecule has 0 unspecified atom stereocenters. The van der Waals surface area contributed by atoms with Crippen LogP contribution in [-0.4, -0.2) is 74.8 Å². The number of nitrogens with zero attached hydrogens (tertiary/aromatic N) is 1. The highest BCUT2D eigenvalue weighted by Gasteiger charge is 2.36.